The first-order valence-corrected chi connectivity index (χ1v) is 7.61. The molecule has 0 atom stereocenters. The zero-order chi connectivity index (χ0) is 15.4. The number of aromatic nitrogens is 3. The average Bonchev–Trinajstić information content (AvgIpc) is 2.54. The van der Waals surface area contributed by atoms with Gasteiger partial charge in [-0.05, 0) is 30.5 Å². The smallest absolute Gasteiger partial charge is 0.250 e. The molecule has 3 rings (SSSR count). The molecule has 0 spiro atoms. The summed E-state index contributed by atoms with van der Waals surface area (Å²) in [6.45, 7) is 2.90. The van der Waals surface area contributed by atoms with Crippen LogP contribution in [0.2, 0.25) is 0 Å². The Morgan fingerprint density at radius 3 is 2.82 bits per heavy atom. The molecule has 0 saturated carbocycles. The molecular weight excluding hydrogens is 278 g/mol. The summed E-state index contributed by atoms with van der Waals surface area (Å²) in [4.78, 5) is 22.2. The minimum atomic E-state index is 0.0535. The van der Waals surface area contributed by atoms with Crippen LogP contribution in [0.15, 0.2) is 41.7 Å². The number of aryl methyl sites for hydroxylation is 1. The van der Waals surface area contributed by atoms with Crippen molar-refractivity contribution in [2.75, 3.05) is 18.4 Å². The average molecular weight is 299 g/mol. The molecule has 22 heavy (non-hydrogen) atoms. The lowest BCUT2D eigenvalue weighted by molar-refractivity contribution is 0.211. The SMILES string of the molecule is Cn1ccc(CN2CCC(Nc3ccncn3)CC2)cc1=O. The van der Waals surface area contributed by atoms with E-state index in [0.717, 1.165) is 43.9 Å². The maximum atomic E-state index is 11.7. The molecule has 1 fully saturated rings. The maximum absolute atomic E-state index is 11.7. The molecule has 0 bridgehead atoms. The van der Waals surface area contributed by atoms with E-state index in [1.54, 1.807) is 30.2 Å². The first-order valence-electron chi connectivity index (χ1n) is 7.61. The maximum Gasteiger partial charge on any atom is 0.250 e. The number of rotatable bonds is 4. The molecule has 3 heterocycles. The highest BCUT2D eigenvalue weighted by molar-refractivity contribution is 5.33. The number of likely N-dealkylation sites (tertiary alicyclic amines) is 1. The van der Waals surface area contributed by atoms with Gasteiger partial charge < -0.3 is 9.88 Å². The van der Waals surface area contributed by atoms with Crippen LogP contribution in [-0.2, 0) is 13.6 Å². The second kappa shape index (κ2) is 6.70. The minimum Gasteiger partial charge on any atom is -0.367 e. The lowest BCUT2D eigenvalue weighted by atomic mass is 10.0. The lowest BCUT2D eigenvalue weighted by Gasteiger charge is -2.32. The van der Waals surface area contributed by atoms with E-state index in [9.17, 15) is 4.79 Å². The fourth-order valence-corrected chi connectivity index (χ4v) is 2.77. The van der Waals surface area contributed by atoms with E-state index in [1.165, 1.54) is 0 Å². The summed E-state index contributed by atoms with van der Waals surface area (Å²) >= 11 is 0. The van der Waals surface area contributed by atoms with Gasteiger partial charge in [0, 0.05) is 51.2 Å². The Labute approximate surface area is 129 Å². The second-order valence-corrected chi connectivity index (χ2v) is 5.77. The van der Waals surface area contributed by atoms with Crippen molar-refractivity contribution in [3.05, 3.63) is 52.8 Å². The third kappa shape index (κ3) is 3.71. The number of hydrogen-bond acceptors (Lipinski definition) is 5. The minimum absolute atomic E-state index is 0.0535. The summed E-state index contributed by atoms with van der Waals surface area (Å²) in [5.41, 5.74) is 1.14. The molecule has 1 aliphatic heterocycles. The van der Waals surface area contributed by atoms with Gasteiger partial charge in [-0.25, -0.2) is 9.97 Å². The summed E-state index contributed by atoms with van der Waals surface area (Å²) in [6.07, 6.45) is 7.30. The van der Waals surface area contributed by atoms with Gasteiger partial charge in [0.25, 0.3) is 5.56 Å². The van der Waals surface area contributed by atoms with Crippen LogP contribution in [0.5, 0.6) is 0 Å². The predicted molar refractivity (Wildman–Crippen MR) is 85.6 cm³/mol. The Balaban J connectivity index is 1.51. The van der Waals surface area contributed by atoms with Gasteiger partial charge in [-0.2, -0.15) is 0 Å². The van der Waals surface area contributed by atoms with Crippen LogP contribution in [0.25, 0.3) is 0 Å². The van der Waals surface area contributed by atoms with Crippen LogP contribution in [0.1, 0.15) is 18.4 Å². The largest absolute Gasteiger partial charge is 0.367 e. The van der Waals surface area contributed by atoms with Gasteiger partial charge in [0.05, 0.1) is 0 Å². The van der Waals surface area contributed by atoms with Crippen LogP contribution in [0.4, 0.5) is 5.82 Å². The molecule has 6 heteroatoms. The van der Waals surface area contributed by atoms with E-state index >= 15 is 0 Å². The summed E-state index contributed by atoms with van der Waals surface area (Å²) in [5.74, 6) is 0.889. The molecule has 0 amide bonds. The molecule has 2 aromatic rings. The van der Waals surface area contributed by atoms with Crippen LogP contribution < -0.4 is 10.9 Å². The molecule has 1 saturated heterocycles. The van der Waals surface area contributed by atoms with E-state index in [-0.39, 0.29) is 5.56 Å². The molecular formula is C16H21N5O. The molecule has 0 radical (unpaired) electrons. The lowest BCUT2D eigenvalue weighted by Crippen LogP contribution is -2.39. The molecule has 116 valence electrons. The van der Waals surface area contributed by atoms with Gasteiger partial charge in [0.15, 0.2) is 0 Å². The van der Waals surface area contributed by atoms with Crippen molar-refractivity contribution in [3.63, 3.8) is 0 Å². The van der Waals surface area contributed by atoms with Gasteiger partial charge in [-0.15, -0.1) is 0 Å². The van der Waals surface area contributed by atoms with Crippen molar-refractivity contribution >= 4 is 5.82 Å². The van der Waals surface area contributed by atoms with Crippen LogP contribution in [-0.4, -0.2) is 38.6 Å². The van der Waals surface area contributed by atoms with E-state index < -0.39 is 0 Å². The van der Waals surface area contributed by atoms with Gasteiger partial charge in [-0.3, -0.25) is 9.69 Å². The Morgan fingerprint density at radius 1 is 1.32 bits per heavy atom. The van der Waals surface area contributed by atoms with Crippen LogP contribution >= 0.6 is 0 Å². The Bertz CT molecular complexity index is 662. The van der Waals surface area contributed by atoms with Crippen molar-refractivity contribution < 1.29 is 0 Å². The van der Waals surface area contributed by atoms with E-state index in [2.05, 4.69) is 20.2 Å². The highest BCUT2D eigenvalue weighted by Gasteiger charge is 2.19. The van der Waals surface area contributed by atoms with Gasteiger partial charge in [0.1, 0.15) is 12.1 Å². The molecule has 0 aliphatic carbocycles. The number of piperidine rings is 1. The number of anilines is 1. The topological polar surface area (TPSA) is 63.1 Å². The Morgan fingerprint density at radius 2 is 2.14 bits per heavy atom. The molecule has 0 aromatic carbocycles. The second-order valence-electron chi connectivity index (χ2n) is 5.77. The van der Waals surface area contributed by atoms with Gasteiger partial charge in [-0.1, -0.05) is 0 Å². The van der Waals surface area contributed by atoms with Crippen molar-refractivity contribution in [1.29, 1.82) is 0 Å². The van der Waals surface area contributed by atoms with Crippen LogP contribution in [0, 0.1) is 0 Å². The molecule has 6 nitrogen and oxygen atoms in total. The zero-order valence-electron chi connectivity index (χ0n) is 12.8. The Kier molecular flexibility index (Phi) is 4.48. The first-order chi connectivity index (χ1) is 10.7. The first kappa shape index (κ1) is 14.7. The Hall–Kier alpha value is -2.21. The summed E-state index contributed by atoms with van der Waals surface area (Å²) in [6, 6.07) is 6.10. The fraction of sp³-hybridized carbons (Fsp3) is 0.438. The summed E-state index contributed by atoms with van der Waals surface area (Å²) in [5, 5.41) is 3.45. The number of pyridine rings is 1. The molecule has 2 aromatic heterocycles. The highest BCUT2D eigenvalue weighted by Crippen LogP contribution is 2.16. The number of hydrogen-bond donors (Lipinski definition) is 1. The van der Waals surface area contributed by atoms with Gasteiger partial charge in [0.2, 0.25) is 0 Å². The van der Waals surface area contributed by atoms with E-state index in [0.29, 0.717) is 6.04 Å². The fourth-order valence-electron chi connectivity index (χ4n) is 2.77. The molecule has 1 N–H and O–H groups in total. The third-order valence-corrected chi connectivity index (χ3v) is 4.10. The monoisotopic (exact) mass is 299 g/mol. The summed E-state index contributed by atoms with van der Waals surface area (Å²) in [7, 11) is 1.77. The number of nitrogens with one attached hydrogen (secondary N) is 1. The molecule has 1 aliphatic rings. The van der Waals surface area contributed by atoms with Gasteiger partial charge >= 0.3 is 0 Å². The normalized spacial score (nSPS) is 16.6. The van der Waals surface area contributed by atoms with Crippen molar-refractivity contribution in [1.82, 2.24) is 19.4 Å². The van der Waals surface area contributed by atoms with Crippen molar-refractivity contribution in [2.24, 2.45) is 7.05 Å². The summed E-state index contributed by atoms with van der Waals surface area (Å²) < 4.78 is 1.60. The number of nitrogens with zero attached hydrogens (tertiary/aromatic N) is 4. The quantitative estimate of drug-likeness (QED) is 0.920. The van der Waals surface area contributed by atoms with E-state index in [1.807, 2.05) is 18.3 Å². The zero-order valence-corrected chi connectivity index (χ0v) is 12.8. The van der Waals surface area contributed by atoms with Crippen molar-refractivity contribution in [2.45, 2.75) is 25.4 Å². The highest BCUT2D eigenvalue weighted by atomic mass is 16.1. The van der Waals surface area contributed by atoms with E-state index in [4.69, 9.17) is 0 Å². The predicted octanol–water partition coefficient (Wildman–Crippen LogP) is 1.25. The standard InChI is InChI=1S/C16H21N5O/c1-20-7-3-13(10-16(20)22)11-21-8-4-14(5-9-21)19-15-2-6-17-12-18-15/h2-3,6-7,10,12,14H,4-5,8-9,11H2,1H3,(H,17,18,19). The molecule has 0 unspecified atom stereocenters. The van der Waals surface area contributed by atoms with Crippen LogP contribution in [0.3, 0.4) is 0 Å². The third-order valence-electron chi connectivity index (χ3n) is 4.10. The van der Waals surface area contributed by atoms with Crippen molar-refractivity contribution in [3.8, 4) is 0 Å².